The van der Waals surface area contributed by atoms with E-state index >= 15 is 0 Å². The molecule has 0 unspecified atom stereocenters. The summed E-state index contributed by atoms with van der Waals surface area (Å²) in [6.07, 6.45) is 1.02. The molecule has 1 heterocycles. The second kappa shape index (κ2) is 4.99. The van der Waals surface area contributed by atoms with Crippen LogP contribution in [0.3, 0.4) is 0 Å². The number of H-pyrrole nitrogens is 1. The average molecular weight is 233 g/mol. The molecule has 2 N–H and O–H groups in total. The zero-order chi connectivity index (χ0) is 12.3. The number of rotatable bonds is 4. The number of benzene rings is 1. The van der Waals surface area contributed by atoms with Crippen molar-refractivity contribution in [1.82, 2.24) is 10.2 Å². The Labute approximate surface area is 100 Å². The van der Waals surface area contributed by atoms with Crippen molar-refractivity contribution in [3.8, 4) is 11.1 Å². The highest BCUT2D eigenvalue weighted by molar-refractivity contribution is 5.77. The molecule has 0 atom stereocenters. The van der Waals surface area contributed by atoms with Crippen LogP contribution >= 0.6 is 0 Å². The van der Waals surface area contributed by atoms with Gasteiger partial charge in [-0.3, -0.25) is 5.10 Å². The first-order valence-electron chi connectivity index (χ1n) is 5.77. The topological polar surface area (TPSA) is 40.7 Å². The minimum atomic E-state index is -0.232. The van der Waals surface area contributed by atoms with E-state index in [4.69, 9.17) is 0 Å². The Balaban J connectivity index is 2.39. The largest absolute Gasteiger partial charge is 0.368 e. The van der Waals surface area contributed by atoms with E-state index in [0.29, 0.717) is 0 Å². The number of anilines is 1. The van der Waals surface area contributed by atoms with Crippen LogP contribution in [0.4, 0.5) is 10.2 Å². The molecule has 3 nitrogen and oxygen atoms in total. The van der Waals surface area contributed by atoms with Crippen LogP contribution in [0.25, 0.3) is 11.1 Å². The summed E-state index contributed by atoms with van der Waals surface area (Å²) in [5.74, 6) is 0.555. The molecule has 0 amide bonds. The molecule has 0 saturated heterocycles. The smallest absolute Gasteiger partial charge is 0.155 e. The van der Waals surface area contributed by atoms with Gasteiger partial charge in [0.2, 0.25) is 0 Å². The molecule has 1 aromatic carbocycles. The normalized spacial score (nSPS) is 10.5. The fourth-order valence-electron chi connectivity index (χ4n) is 1.80. The van der Waals surface area contributed by atoms with Gasteiger partial charge in [0.15, 0.2) is 5.82 Å². The standard InChI is InChI=1S/C13H16FN3/c1-3-7-15-13-12(9(2)16-17-13)10-5-4-6-11(14)8-10/h4-6,8H,3,7H2,1-2H3,(H2,15,16,17). The van der Waals surface area contributed by atoms with Gasteiger partial charge in [0.1, 0.15) is 5.82 Å². The van der Waals surface area contributed by atoms with Gasteiger partial charge >= 0.3 is 0 Å². The molecule has 0 aliphatic heterocycles. The molecular weight excluding hydrogens is 217 g/mol. The van der Waals surface area contributed by atoms with Crippen molar-refractivity contribution in [3.05, 3.63) is 35.8 Å². The molecule has 0 radical (unpaired) electrons. The molecule has 2 aromatic rings. The van der Waals surface area contributed by atoms with Crippen LogP contribution in [0, 0.1) is 12.7 Å². The van der Waals surface area contributed by atoms with Crippen molar-refractivity contribution in [3.63, 3.8) is 0 Å². The molecule has 0 aliphatic carbocycles. The van der Waals surface area contributed by atoms with Gasteiger partial charge in [-0.25, -0.2) is 4.39 Å². The van der Waals surface area contributed by atoms with Crippen LogP contribution in [0.5, 0.6) is 0 Å². The van der Waals surface area contributed by atoms with Gasteiger partial charge in [0.25, 0.3) is 0 Å². The minimum absolute atomic E-state index is 0.232. The molecule has 0 bridgehead atoms. The number of aromatic amines is 1. The van der Waals surface area contributed by atoms with Crippen molar-refractivity contribution >= 4 is 5.82 Å². The van der Waals surface area contributed by atoms with Gasteiger partial charge in [0, 0.05) is 17.8 Å². The third-order valence-electron chi connectivity index (χ3n) is 2.60. The zero-order valence-corrected chi connectivity index (χ0v) is 10.0. The highest BCUT2D eigenvalue weighted by atomic mass is 19.1. The van der Waals surface area contributed by atoms with E-state index in [1.54, 1.807) is 6.07 Å². The monoisotopic (exact) mass is 233 g/mol. The molecule has 4 heteroatoms. The molecule has 0 saturated carbocycles. The van der Waals surface area contributed by atoms with Crippen molar-refractivity contribution in [2.45, 2.75) is 20.3 Å². The van der Waals surface area contributed by atoms with Gasteiger partial charge in [-0.1, -0.05) is 19.1 Å². The Hall–Kier alpha value is -1.84. The van der Waals surface area contributed by atoms with Crippen molar-refractivity contribution in [2.24, 2.45) is 0 Å². The first-order valence-corrected chi connectivity index (χ1v) is 5.77. The molecular formula is C13H16FN3. The van der Waals surface area contributed by atoms with Crippen molar-refractivity contribution < 1.29 is 4.39 Å². The summed E-state index contributed by atoms with van der Waals surface area (Å²) in [7, 11) is 0. The van der Waals surface area contributed by atoms with E-state index in [9.17, 15) is 4.39 Å². The van der Waals surface area contributed by atoms with E-state index in [1.807, 2.05) is 13.0 Å². The summed E-state index contributed by atoms with van der Waals surface area (Å²) in [6, 6.07) is 6.56. The SMILES string of the molecule is CCCNc1n[nH]c(C)c1-c1cccc(F)c1. The first-order chi connectivity index (χ1) is 8.22. The quantitative estimate of drug-likeness (QED) is 0.850. The average Bonchev–Trinajstić information content (AvgIpc) is 2.68. The lowest BCUT2D eigenvalue weighted by molar-refractivity contribution is 0.628. The zero-order valence-electron chi connectivity index (χ0n) is 10.0. The lowest BCUT2D eigenvalue weighted by atomic mass is 10.1. The molecule has 0 fully saturated rings. The van der Waals surface area contributed by atoms with Crippen LogP contribution in [0.2, 0.25) is 0 Å². The summed E-state index contributed by atoms with van der Waals surface area (Å²) >= 11 is 0. The fourth-order valence-corrected chi connectivity index (χ4v) is 1.80. The Morgan fingerprint density at radius 1 is 1.41 bits per heavy atom. The molecule has 1 aromatic heterocycles. The molecule has 90 valence electrons. The summed E-state index contributed by atoms with van der Waals surface area (Å²) in [5, 5.41) is 10.4. The summed E-state index contributed by atoms with van der Waals surface area (Å²) in [6.45, 7) is 4.88. The second-order valence-electron chi connectivity index (χ2n) is 4.01. The number of hydrogen-bond acceptors (Lipinski definition) is 2. The maximum Gasteiger partial charge on any atom is 0.155 e. The van der Waals surface area contributed by atoms with Crippen LogP contribution in [0.15, 0.2) is 24.3 Å². The predicted molar refractivity (Wildman–Crippen MR) is 67.5 cm³/mol. The van der Waals surface area contributed by atoms with E-state index in [-0.39, 0.29) is 5.82 Å². The highest BCUT2D eigenvalue weighted by Crippen LogP contribution is 2.29. The van der Waals surface area contributed by atoms with Gasteiger partial charge in [-0.2, -0.15) is 5.10 Å². The minimum Gasteiger partial charge on any atom is -0.368 e. The van der Waals surface area contributed by atoms with E-state index in [1.165, 1.54) is 12.1 Å². The third-order valence-corrected chi connectivity index (χ3v) is 2.60. The lowest BCUT2D eigenvalue weighted by Gasteiger charge is -2.06. The number of nitrogens with one attached hydrogen (secondary N) is 2. The van der Waals surface area contributed by atoms with Crippen LogP contribution in [-0.2, 0) is 0 Å². The number of nitrogens with zero attached hydrogens (tertiary/aromatic N) is 1. The molecule has 2 rings (SSSR count). The second-order valence-corrected chi connectivity index (χ2v) is 4.01. The van der Waals surface area contributed by atoms with Gasteiger partial charge in [-0.15, -0.1) is 0 Å². The predicted octanol–water partition coefficient (Wildman–Crippen LogP) is 3.35. The maximum atomic E-state index is 13.2. The van der Waals surface area contributed by atoms with Crippen molar-refractivity contribution in [1.29, 1.82) is 0 Å². The number of aryl methyl sites for hydroxylation is 1. The first kappa shape index (κ1) is 11.6. The number of halogens is 1. The van der Waals surface area contributed by atoms with Gasteiger partial charge < -0.3 is 5.32 Å². The molecule has 17 heavy (non-hydrogen) atoms. The van der Waals surface area contributed by atoms with E-state index < -0.39 is 0 Å². The van der Waals surface area contributed by atoms with Gasteiger partial charge in [-0.05, 0) is 31.0 Å². The Kier molecular flexibility index (Phi) is 3.42. The highest BCUT2D eigenvalue weighted by Gasteiger charge is 2.12. The van der Waals surface area contributed by atoms with E-state index in [2.05, 4.69) is 22.4 Å². The Bertz CT molecular complexity index is 505. The summed E-state index contributed by atoms with van der Waals surface area (Å²) in [5.41, 5.74) is 2.72. The van der Waals surface area contributed by atoms with E-state index in [0.717, 1.165) is 35.6 Å². The third kappa shape index (κ3) is 2.46. The number of hydrogen-bond donors (Lipinski definition) is 2. The van der Waals surface area contributed by atoms with Crippen molar-refractivity contribution in [2.75, 3.05) is 11.9 Å². The fraction of sp³-hybridized carbons (Fsp3) is 0.308. The van der Waals surface area contributed by atoms with Crippen LogP contribution in [0.1, 0.15) is 19.0 Å². The van der Waals surface area contributed by atoms with Gasteiger partial charge in [0.05, 0.1) is 0 Å². The Morgan fingerprint density at radius 3 is 2.94 bits per heavy atom. The number of aromatic nitrogens is 2. The lowest BCUT2D eigenvalue weighted by Crippen LogP contribution is -2.01. The molecule has 0 aliphatic rings. The maximum absolute atomic E-state index is 13.2. The van der Waals surface area contributed by atoms with Crippen LogP contribution in [-0.4, -0.2) is 16.7 Å². The van der Waals surface area contributed by atoms with Crippen LogP contribution < -0.4 is 5.32 Å². The summed E-state index contributed by atoms with van der Waals surface area (Å²) in [4.78, 5) is 0. The Morgan fingerprint density at radius 2 is 2.24 bits per heavy atom. The summed E-state index contributed by atoms with van der Waals surface area (Å²) < 4.78 is 13.2. The molecule has 0 spiro atoms.